The lowest BCUT2D eigenvalue weighted by atomic mass is 10.1. The second-order valence-corrected chi connectivity index (χ2v) is 4.23. The third kappa shape index (κ3) is 2.88. The van der Waals surface area contributed by atoms with E-state index in [1.165, 1.54) is 4.90 Å². The van der Waals surface area contributed by atoms with Crippen molar-refractivity contribution in [1.82, 2.24) is 14.7 Å². The van der Waals surface area contributed by atoms with Gasteiger partial charge in [0.2, 0.25) is 0 Å². The van der Waals surface area contributed by atoms with Crippen LogP contribution in [0, 0.1) is 13.8 Å². The summed E-state index contributed by atoms with van der Waals surface area (Å²) in [4.78, 5) is 24.1. The van der Waals surface area contributed by atoms with Crippen molar-refractivity contribution in [2.75, 3.05) is 13.6 Å². The third-order valence-corrected chi connectivity index (χ3v) is 2.90. The summed E-state index contributed by atoms with van der Waals surface area (Å²) in [7, 11) is 1.60. The molecule has 1 aromatic rings. The Morgan fingerprint density at radius 1 is 1.39 bits per heavy atom. The summed E-state index contributed by atoms with van der Waals surface area (Å²) in [5.41, 5.74) is 2.08. The second kappa shape index (κ2) is 5.66. The topological polar surface area (TPSA) is 75.4 Å². The van der Waals surface area contributed by atoms with Crippen LogP contribution in [0.4, 0.5) is 0 Å². The van der Waals surface area contributed by atoms with Crippen LogP contribution in [0.2, 0.25) is 0 Å². The molecule has 0 fully saturated rings. The third-order valence-electron chi connectivity index (χ3n) is 2.90. The van der Waals surface area contributed by atoms with Gasteiger partial charge in [-0.1, -0.05) is 0 Å². The Hall–Kier alpha value is -1.85. The summed E-state index contributed by atoms with van der Waals surface area (Å²) in [6.45, 7) is 6.50. The quantitative estimate of drug-likeness (QED) is 0.851. The maximum absolute atomic E-state index is 12.2. The average Bonchev–Trinajstić information content (AvgIpc) is 2.60. The first kappa shape index (κ1) is 14.2. The fourth-order valence-electron chi connectivity index (χ4n) is 1.87. The van der Waals surface area contributed by atoms with Gasteiger partial charge in [-0.3, -0.25) is 14.3 Å². The summed E-state index contributed by atoms with van der Waals surface area (Å²) < 4.78 is 1.77. The molecule has 1 rings (SSSR count). The van der Waals surface area contributed by atoms with Gasteiger partial charge in [0.05, 0.1) is 17.7 Å². The number of aliphatic carboxylic acids is 1. The van der Waals surface area contributed by atoms with Crippen molar-refractivity contribution in [2.45, 2.75) is 33.7 Å². The maximum Gasteiger partial charge on any atom is 0.305 e. The standard InChI is InChI=1S/C12H19N3O3/c1-5-15-9(3)11(8(2)13-15)12(18)14(4)7-6-10(16)17/h5-7H2,1-4H3,(H,16,17). The molecule has 0 aliphatic rings. The number of amides is 1. The van der Waals surface area contributed by atoms with Gasteiger partial charge in [-0.25, -0.2) is 0 Å². The molecule has 0 radical (unpaired) electrons. The van der Waals surface area contributed by atoms with Crippen LogP contribution in [0.3, 0.4) is 0 Å². The number of nitrogens with zero attached hydrogens (tertiary/aromatic N) is 3. The Bertz CT molecular complexity index is 465. The highest BCUT2D eigenvalue weighted by Crippen LogP contribution is 2.15. The van der Waals surface area contributed by atoms with Crippen LogP contribution in [-0.4, -0.2) is 45.3 Å². The monoisotopic (exact) mass is 253 g/mol. The van der Waals surface area contributed by atoms with E-state index in [0.717, 1.165) is 5.69 Å². The van der Waals surface area contributed by atoms with Crippen molar-refractivity contribution in [3.05, 3.63) is 17.0 Å². The van der Waals surface area contributed by atoms with E-state index in [4.69, 9.17) is 5.11 Å². The van der Waals surface area contributed by atoms with Gasteiger partial charge in [-0.15, -0.1) is 0 Å². The molecule has 0 bridgehead atoms. The first-order valence-corrected chi connectivity index (χ1v) is 5.89. The Labute approximate surface area is 106 Å². The number of hydrogen-bond donors (Lipinski definition) is 1. The van der Waals surface area contributed by atoms with Gasteiger partial charge >= 0.3 is 5.97 Å². The predicted octanol–water partition coefficient (Wildman–Crippen LogP) is 1.07. The molecule has 1 aromatic heterocycles. The van der Waals surface area contributed by atoms with Gasteiger partial charge in [-0.2, -0.15) is 5.10 Å². The number of carbonyl (C=O) groups excluding carboxylic acids is 1. The molecule has 0 aliphatic carbocycles. The van der Waals surface area contributed by atoms with E-state index in [2.05, 4.69) is 5.10 Å². The molecule has 0 aromatic carbocycles. The average molecular weight is 253 g/mol. The molecule has 0 saturated heterocycles. The van der Waals surface area contributed by atoms with Gasteiger partial charge in [0.1, 0.15) is 0 Å². The molecule has 6 heteroatoms. The molecule has 0 atom stereocenters. The van der Waals surface area contributed by atoms with Crippen molar-refractivity contribution >= 4 is 11.9 Å². The van der Waals surface area contributed by atoms with E-state index in [1.54, 1.807) is 18.7 Å². The van der Waals surface area contributed by atoms with E-state index in [9.17, 15) is 9.59 Å². The number of carboxylic acids is 1. The lowest BCUT2D eigenvalue weighted by Crippen LogP contribution is -2.29. The molecule has 1 heterocycles. The van der Waals surface area contributed by atoms with E-state index in [-0.39, 0.29) is 18.9 Å². The van der Waals surface area contributed by atoms with Gasteiger partial charge in [0.25, 0.3) is 5.91 Å². The van der Waals surface area contributed by atoms with Crippen LogP contribution in [0.1, 0.15) is 35.1 Å². The first-order chi connectivity index (χ1) is 8.38. The van der Waals surface area contributed by atoms with E-state index in [1.807, 2.05) is 13.8 Å². The molecule has 0 saturated carbocycles. The van der Waals surface area contributed by atoms with E-state index >= 15 is 0 Å². The van der Waals surface area contributed by atoms with Gasteiger partial charge in [0.15, 0.2) is 0 Å². The van der Waals surface area contributed by atoms with Crippen molar-refractivity contribution in [2.24, 2.45) is 0 Å². The SMILES string of the molecule is CCn1nc(C)c(C(=O)N(C)CCC(=O)O)c1C. The second-order valence-electron chi connectivity index (χ2n) is 4.23. The number of aromatic nitrogens is 2. The van der Waals surface area contributed by atoms with Gasteiger partial charge in [-0.05, 0) is 20.8 Å². The van der Waals surface area contributed by atoms with Crippen LogP contribution in [0.25, 0.3) is 0 Å². The number of carboxylic acid groups (broad SMARTS) is 1. The summed E-state index contributed by atoms with van der Waals surface area (Å²) >= 11 is 0. The van der Waals surface area contributed by atoms with Gasteiger partial charge < -0.3 is 10.0 Å². The Balaban J connectivity index is 2.90. The largest absolute Gasteiger partial charge is 0.481 e. The van der Waals surface area contributed by atoms with Crippen molar-refractivity contribution in [3.8, 4) is 0 Å². The fraction of sp³-hybridized carbons (Fsp3) is 0.583. The lowest BCUT2D eigenvalue weighted by Gasteiger charge is -2.16. The number of carbonyl (C=O) groups is 2. The van der Waals surface area contributed by atoms with Crippen molar-refractivity contribution < 1.29 is 14.7 Å². The minimum absolute atomic E-state index is 0.0533. The summed E-state index contributed by atoms with van der Waals surface area (Å²) in [5.74, 6) is -1.08. The molecule has 0 aliphatic heterocycles. The van der Waals surface area contributed by atoms with Gasteiger partial charge in [0, 0.05) is 25.8 Å². The summed E-state index contributed by atoms with van der Waals surface area (Å²) in [6.07, 6.45) is -0.0533. The highest BCUT2D eigenvalue weighted by atomic mass is 16.4. The van der Waals surface area contributed by atoms with E-state index in [0.29, 0.717) is 17.8 Å². The Morgan fingerprint density at radius 3 is 2.44 bits per heavy atom. The molecule has 1 N–H and O–H groups in total. The molecular weight excluding hydrogens is 234 g/mol. The summed E-state index contributed by atoms with van der Waals surface area (Å²) in [5, 5.41) is 12.9. The van der Waals surface area contributed by atoms with Crippen LogP contribution in [0.5, 0.6) is 0 Å². The Kier molecular flexibility index (Phi) is 4.47. The molecule has 6 nitrogen and oxygen atoms in total. The van der Waals surface area contributed by atoms with Crippen molar-refractivity contribution in [1.29, 1.82) is 0 Å². The molecule has 1 amide bonds. The Morgan fingerprint density at radius 2 is 2.00 bits per heavy atom. The molecule has 100 valence electrons. The first-order valence-electron chi connectivity index (χ1n) is 5.89. The zero-order valence-corrected chi connectivity index (χ0v) is 11.2. The van der Waals surface area contributed by atoms with Crippen molar-refractivity contribution in [3.63, 3.8) is 0 Å². The minimum atomic E-state index is -0.910. The smallest absolute Gasteiger partial charge is 0.305 e. The minimum Gasteiger partial charge on any atom is -0.481 e. The number of aryl methyl sites for hydroxylation is 2. The van der Waals surface area contributed by atoms with Crippen LogP contribution < -0.4 is 0 Å². The predicted molar refractivity (Wildman–Crippen MR) is 66.6 cm³/mol. The highest BCUT2D eigenvalue weighted by Gasteiger charge is 2.21. The zero-order chi connectivity index (χ0) is 13.9. The molecule has 18 heavy (non-hydrogen) atoms. The maximum atomic E-state index is 12.2. The number of hydrogen-bond acceptors (Lipinski definition) is 3. The zero-order valence-electron chi connectivity index (χ0n) is 11.2. The highest BCUT2D eigenvalue weighted by molar-refractivity contribution is 5.96. The fourth-order valence-corrected chi connectivity index (χ4v) is 1.87. The number of rotatable bonds is 5. The molecule has 0 spiro atoms. The molecule has 0 unspecified atom stereocenters. The summed E-state index contributed by atoms with van der Waals surface area (Å²) in [6, 6.07) is 0. The normalized spacial score (nSPS) is 10.4. The lowest BCUT2D eigenvalue weighted by molar-refractivity contribution is -0.137. The van der Waals surface area contributed by atoms with Crippen LogP contribution >= 0.6 is 0 Å². The van der Waals surface area contributed by atoms with E-state index < -0.39 is 5.97 Å². The van der Waals surface area contributed by atoms with Crippen LogP contribution in [0.15, 0.2) is 0 Å². The molecular formula is C12H19N3O3. The van der Waals surface area contributed by atoms with Crippen LogP contribution in [-0.2, 0) is 11.3 Å².